The Kier molecular flexibility index (Phi) is 4.96. The number of amides is 2. The molecule has 1 aromatic rings. The van der Waals surface area contributed by atoms with Crippen molar-refractivity contribution in [3.63, 3.8) is 0 Å². The first-order valence-corrected chi connectivity index (χ1v) is 7.42. The van der Waals surface area contributed by atoms with Crippen LogP contribution in [0, 0.1) is 5.92 Å². The Bertz CT molecular complexity index is 524. The van der Waals surface area contributed by atoms with E-state index in [-0.39, 0.29) is 30.2 Å². The number of carbonyl (C=O) groups is 2. The van der Waals surface area contributed by atoms with Crippen LogP contribution in [0.25, 0.3) is 0 Å². The Morgan fingerprint density at radius 1 is 1.33 bits per heavy atom. The van der Waals surface area contributed by atoms with Gasteiger partial charge in [-0.2, -0.15) is 0 Å². The number of anilines is 1. The Morgan fingerprint density at radius 3 is 2.67 bits per heavy atom. The van der Waals surface area contributed by atoms with Crippen molar-refractivity contribution in [1.82, 2.24) is 5.32 Å². The van der Waals surface area contributed by atoms with Gasteiger partial charge in [0.15, 0.2) is 0 Å². The fourth-order valence-corrected chi connectivity index (χ4v) is 1.90. The van der Waals surface area contributed by atoms with Gasteiger partial charge in [0.2, 0.25) is 5.91 Å². The highest BCUT2D eigenvalue weighted by atomic mass is 16.2. The highest BCUT2D eigenvalue weighted by Gasteiger charge is 2.23. The lowest BCUT2D eigenvalue weighted by Gasteiger charge is -2.15. The minimum Gasteiger partial charge on any atom is -0.349 e. The molecule has 0 aromatic heterocycles. The van der Waals surface area contributed by atoms with Gasteiger partial charge in [-0.05, 0) is 37.0 Å². The molecule has 5 nitrogen and oxygen atoms in total. The van der Waals surface area contributed by atoms with E-state index in [2.05, 4.69) is 10.6 Å². The molecule has 2 rings (SSSR count). The second kappa shape index (κ2) is 6.72. The molecule has 4 N–H and O–H groups in total. The lowest BCUT2D eigenvalue weighted by Crippen LogP contribution is -2.31. The average molecular weight is 289 g/mol. The van der Waals surface area contributed by atoms with Crippen LogP contribution in [0.2, 0.25) is 0 Å². The van der Waals surface area contributed by atoms with Gasteiger partial charge in [-0.25, -0.2) is 0 Å². The van der Waals surface area contributed by atoms with E-state index in [0.717, 1.165) is 12.8 Å². The van der Waals surface area contributed by atoms with E-state index < -0.39 is 0 Å². The van der Waals surface area contributed by atoms with Gasteiger partial charge in [-0.3, -0.25) is 9.59 Å². The molecule has 2 amide bonds. The molecular weight excluding hydrogens is 266 g/mol. The third-order valence-corrected chi connectivity index (χ3v) is 3.60. The van der Waals surface area contributed by atoms with Crippen molar-refractivity contribution in [2.24, 2.45) is 11.7 Å². The van der Waals surface area contributed by atoms with Gasteiger partial charge < -0.3 is 16.4 Å². The highest BCUT2D eigenvalue weighted by molar-refractivity contribution is 5.97. The fraction of sp³-hybridized carbons (Fsp3) is 0.500. The molecular formula is C16H23N3O2. The lowest BCUT2D eigenvalue weighted by molar-refractivity contribution is -0.116. The molecule has 0 spiro atoms. The normalized spacial score (nSPS) is 15.6. The number of hydrogen-bond acceptors (Lipinski definition) is 3. The first kappa shape index (κ1) is 15.5. The van der Waals surface area contributed by atoms with Gasteiger partial charge in [0.25, 0.3) is 5.91 Å². The average Bonchev–Trinajstić information content (AvgIpc) is 3.22. The summed E-state index contributed by atoms with van der Waals surface area (Å²) in [6.07, 6.45) is 2.38. The Labute approximate surface area is 125 Å². The standard InChI is InChI=1S/C16H23N3O2/c1-10(2)14(17)9-15(20)18-13-5-3-4-11(8-13)16(21)19-12-6-7-12/h3-5,8,10,12,14H,6-7,9,17H2,1-2H3,(H,18,20)(H,19,21). The Hall–Kier alpha value is -1.88. The number of rotatable bonds is 6. The van der Waals surface area contributed by atoms with Crippen LogP contribution in [0.5, 0.6) is 0 Å². The van der Waals surface area contributed by atoms with Crippen molar-refractivity contribution in [2.45, 2.75) is 45.2 Å². The Balaban J connectivity index is 1.93. The van der Waals surface area contributed by atoms with Crippen LogP contribution in [0.1, 0.15) is 43.5 Å². The van der Waals surface area contributed by atoms with Crippen LogP contribution >= 0.6 is 0 Å². The van der Waals surface area contributed by atoms with Crippen LogP contribution in [0.3, 0.4) is 0 Å². The lowest BCUT2D eigenvalue weighted by atomic mass is 10.0. The summed E-state index contributed by atoms with van der Waals surface area (Å²) in [5, 5.41) is 5.72. The summed E-state index contributed by atoms with van der Waals surface area (Å²) in [5.74, 6) is 0.0369. The molecule has 1 atom stereocenters. The molecule has 1 aliphatic rings. The van der Waals surface area contributed by atoms with E-state index in [1.165, 1.54) is 0 Å². The van der Waals surface area contributed by atoms with Crippen molar-refractivity contribution in [3.8, 4) is 0 Å². The van der Waals surface area contributed by atoms with Crippen molar-refractivity contribution >= 4 is 17.5 Å². The topological polar surface area (TPSA) is 84.2 Å². The first-order valence-electron chi connectivity index (χ1n) is 7.42. The quantitative estimate of drug-likeness (QED) is 0.747. The van der Waals surface area contributed by atoms with Gasteiger partial charge >= 0.3 is 0 Å². The number of hydrogen-bond donors (Lipinski definition) is 3. The zero-order chi connectivity index (χ0) is 15.4. The third-order valence-electron chi connectivity index (χ3n) is 3.60. The van der Waals surface area contributed by atoms with Gasteiger partial charge in [0.05, 0.1) is 0 Å². The van der Waals surface area contributed by atoms with Crippen LogP contribution in [-0.4, -0.2) is 23.9 Å². The van der Waals surface area contributed by atoms with Crippen LogP contribution < -0.4 is 16.4 Å². The van der Waals surface area contributed by atoms with E-state index >= 15 is 0 Å². The minimum atomic E-state index is -0.161. The van der Waals surface area contributed by atoms with E-state index in [1.807, 2.05) is 13.8 Å². The summed E-state index contributed by atoms with van der Waals surface area (Å²) < 4.78 is 0. The Morgan fingerprint density at radius 2 is 2.05 bits per heavy atom. The molecule has 0 aliphatic heterocycles. The smallest absolute Gasteiger partial charge is 0.251 e. The van der Waals surface area contributed by atoms with Crippen molar-refractivity contribution in [2.75, 3.05) is 5.32 Å². The summed E-state index contributed by atoms with van der Waals surface area (Å²) in [4.78, 5) is 23.9. The molecule has 0 saturated heterocycles. The third kappa shape index (κ3) is 4.86. The maximum atomic E-state index is 12.0. The van der Waals surface area contributed by atoms with E-state index in [0.29, 0.717) is 17.3 Å². The summed E-state index contributed by atoms with van der Waals surface area (Å²) in [5.41, 5.74) is 7.07. The van der Waals surface area contributed by atoms with Gasteiger partial charge in [-0.15, -0.1) is 0 Å². The van der Waals surface area contributed by atoms with Crippen molar-refractivity contribution in [1.29, 1.82) is 0 Å². The molecule has 5 heteroatoms. The first-order chi connectivity index (χ1) is 9.95. The monoisotopic (exact) mass is 289 g/mol. The fourth-order valence-electron chi connectivity index (χ4n) is 1.90. The summed E-state index contributed by atoms with van der Waals surface area (Å²) >= 11 is 0. The minimum absolute atomic E-state index is 0.0903. The second-order valence-electron chi connectivity index (χ2n) is 5.99. The number of benzene rings is 1. The van der Waals surface area contributed by atoms with Crippen LogP contribution in [0.15, 0.2) is 24.3 Å². The zero-order valence-electron chi connectivity index (χ0n) is 12.6. The van der Waals surface area contributed by atoms with E-state index in [9.17, 15) is 9.59 Å². The molecule has 1 saturated carbocycles. The summed E-state index contributed by atoms with van der Waals surface area (Å²) in [6.45, 7) is 3.97. The SMILES string of the molecule is CC(C)C(N)CC(=O)Nc1cccc(C(=O)NC2CC2)c1. The number of carbonyl (C=O) groups excluding carboxylic acids is 2. The summed E-state index contributed by atoms with van der Waals surface area (Å²) in [6, 6.07) is 7.13. The predicted molar refractivity (Wildman–Crippen MR) is 83.0 cm³/mol. The van der Waals surface area contributed by atoms with Crippen LogP contribution in [-0.2, 0) is 4.79 Å². The molecule has 0 bridgehead atoms. The zero-order valence-corrected chi connectivity index (χ0v) is 12.6. The molecule has 0 radical (unpaired) electrons. The molecule has 0 heterocycles. The second-order valence-corrected chi connectivity index (χ2v) is 5.99. The molecule has 1 unspecified atom stereocenters. The van der Waals surface area contributed by atoms with Crippen LogP contribution in [0.4, 0.5) is 5.69 Å². The molecule has 1 aromatic carbocycles. The van der Waals surface area contributed by atoms with Gasteiger partial charge in [0, 0.05) is 29.8 Å². The van der Waals surface area contributed by atoms with Gasteiger partial charge in [0.1, 0.15) is 0 Å². The maximum absolute atomic E-state index is 12.0. The highest BCUT2D eigenvalue weighted by Crippen LogP contribution is 2.20. The molecule has 1 fully saturated rings. The van der Waals surface area contributed by atoms with E-state index in [1.54, 1.807) is 24.3 Å². The van der Waals surface area contributed by atoms with E-state index in [4.69, 9.17) is 5.73 Å². The largest absolute Gasteiger partial charge is 0.349 e. The van der Waals surface area contributed by atoms with Crippen molar-refractivity contribution < 1.29 is 9.59 Å². The summed E-state index contributed by atoms with van der Waals surface area (Å²) in [7, 11) is 0. The number of nitrogens with one attached hydrogen (secondary N) is 2. The van der Waals surface area contributed by atoms with Crippen molar-refractivity contribution in [3.05, 3.63) is 29.8 Å². The maximum Gasteiger partial charge on any atom is 0.251 e. The molecule has 21 heavy (non-hydrogen) atoms. The molecule has 1 aliphatic carbocycles. The molecule has 114 valence electrons. The number of nitrogens with two attached hydrogens (primary N) is 1. The van der Waals surface area contributed by atoms with Gasteiger partial charge in [-0.1, -0.05) is 19.9 Å². The predicted octanol–water partition coefficient (Wildman–Crippen LogP) is 1.89.